The maximum Gasteiger partial charge on any atom is 0.409 e. The molecule has 168 valence electrons. The third-order valence-corrected chi connectivity index (χ3v) is 4.75. The van der Waals surface area contributed by atoms with E-state index in [4.69, 9.17) is 4.74 Å². The molecule has 0 aromatic heterocycles. The molecule has 9 heteroatoms. The van der Waals surface area contributed by atoms with Crippen LogP contribution in [0.3, 0.4) is 0 Å². The van der Waals surface area contributed by atoms with Crippen molar-refractivity contribution in [3.8, 4) is 0 Å². The third kappa shape index (κ3) is 8.00. The van der Waals surface area contributed by atoms with Crippen LogP contribution >= 0.6 is 24.0 Å². The van der Waals surface area contributed by atoms with Crippen molar-refractivity contribution in [3.63, 3.8) is 0 Å². The topological polar surface area (TPSA) is 77.5 Å². The molecule has 1 aliphatic heterocycles. The third-order valence-electron chi connectivity index (χ3n) is 4.75. The van der Waals surface area contributed by atoms with Gasteiger partial charge in [-0.3, -0.25) is 4.79 Å². The second-order valence-corrected chi connectivity index (χ2v) is 6.74. The molecule has 0 atom stereocenters. The van der Waals surface area contributed by atoms with Crippen LogP contribution in [0.1, 0.15) is 26.3 Å². The van der Waals surface area contributed by atoms with Crippen LogP contribution in [-0.2, 0) is 16.1 Å². The first-order chi connectivity index (χ1) is 14.1. The molecule has 0 radical (unpaired) electrons. The lowest BCUT2D eigenvalue weighted by atomic mass is 10.2. The second-order valence-electron chi connectivity index (χ2n) is 6.74. The summed E-state index contributed by atoms with van der Waals surface area (Å²) in [5.74, 6) is 0.706. The van der Waals surface area contributed by atoms with Gasteiger partial charge in [0.25, 0.3) is 0 Å². The number of likely N-dealkylation sites (N-methyl/N-ethyl adjacent to an activating group) is 1. The monoisotopic (exact) mass is 531 g/mol. The molecule has 1 aromatic rings. The Morgan fingerprint density at radius 2 is 1.70 bits per heavy atom. The minimum absolute atomic E-state index is 0. The fraction of sp³-hybridized carbons (Fsp3) is 0.571. The standard InChI is InChI=1S/C21H33N5O3.HI/c1-4-22-20(25-12-14-26(15-13-25)21(28)29-6-3)23-16-19(27)24(5-2)17-18-10-8-7-9-11-18;/h7-11H,4-6,12-17H2,1-3H3,(H,22,23);1H. The Hall–Kier alpha value is -2.04. The lowest BCUT2D eigenvalue weighted by Gasteiger charge is -2.36. The van der Waals surface area contributed by atoms with Gasteiger partial charge >= 0.3 is 6.09 Å². The number of nitrogens with one attached hydrogen (secondary N) is 1. The first kappa shape index (κ1) is 26.0. The van der Waals surface area contributed by atoms with Crippen molar-refractivity contribution in [1.82, 2.24) is 20.0 Å². The highest BCUT2D eigenvalue weighted by atomic mass is 127. The van der Waals surface area contributed by atoms with Gasteiger partial charge in [-0.05, 0) is 26.3 Å². The zero-order valence-corrected chi connectivity index (χ0v) is 20.5. The van der Waals surface area contributed by atoms with Crippen LogP contribution in [0.4, 0.5) is 4.79 Å². The van der Waals surface area contributed by atoms with Crippen molar-refractivity contribution < 1.29 is 14.3 Å². The number of amides is 2. The molecule has 1 aliphatic rings. The van der Waals surface area contributed by atoms with Crippen LogP contribution in [0.15, 0.2) is 35.3 Å². The number of hydrogen-bond donors (Lipinski definition) is 1. The van der Waals surface area contributed by atoms with E-state index in [1.807, 2.05) is 44.2 Å². The minimum Gasteiger partial charge on any atom is -0.450 e. The Morgan fingerprint density at radius 3 is 2.27 bits per heavy atom. The Morgan fingerprint density at radius 1 is 1.07 bits per heavy atom. The number of carbonyl (C=O) groups is 2. The summed E-state index contributed by atoms with van der Waals surface area (Å²) in [6.07, 6.45) is -0.274. The highest BCUT2D eigenvalue weighted by Crippen LogP contribution is 2.07. The van der Waals surface area contributed by atoms with E-state index in [2.05, 4.69) is 15.2 Å². The summed E-state index contributed by atoms with van der Waals surface area (Å²) in [6.45, 7) is 10.6. The van der Waals surface area contributed by atoms with Crippen molar-refractivity contribution in [2.75, 3.05) is 52.4 Å². The van der Waals surface area contributed by atoms with Gasteiger partial charge < -0.3 is 24.8 Å². The molecule has 0 unspecified atom stereocenters. The molecular formula is C21H34IN5O3. The van der Waals surface area contributed by atoms with Crippen molar-refractivity contribution in [2.24, 2.45) is 4.99 Å². The number of nitrogens with zero attached hydrogens (tertiary/aromatic N) is 4. The number of aliphatic imine (C=N–C) groups is 1. The van der Waals surface area contributed by atoms with Crippen molar-refractivity contribution in [2.45, 2.75) is 27.3 Å². The van der Waals surface area contributed by atoms with Gasteiger partial charge in [-0.2, -0.15) is 0 Å². The molecule has 1 fully saturated rings. The highest BCUT2D eigenvalue weighted by Gasteiger charge is 2.24. The van der Waals surface area contributed by atoms with E-state index in [1.165, 1.54) is 0 Å². The van der Waals surface area contributed by atoms with Gasteiger partial charge in [0.05, 0.1) is 6.61 Å². The summed E-state index contributed by atoms with van der Waals surface area (Å²) in [7, 11) is 0. The summed E-state index contributed by atoms with van der Waals surface area (Å²) in [6, 6.07) is 9.96. The molecule has 1 heterocycles. The molecule has 2 amide bonds. The Kier molecular flexibility index (Phi) is 12.2. The molecular weight excluding hydrogens is 497 g/mol. The van der Waals surface area contributed by atoms with E-state index in [1.54, 1.807) is 16.7 Å². The van der Waals surface area contributed by atoms with Gasteiger partial charge in [0.1, 0.15) is 6.54 Å². The smallest absolute Gasteiger partial charge is 0.409 e. The number of halogens is 1. The number of guanidine groups is 1. The largest absolute Gasteiger partial charge is 0.450 e. The molecule has 2 rings (SSSR count). The van der Waals surface area contributed by atoms with Gasteiger partial charge in [-0.1, -0.05) is 30.3 Å². The average molecular weight is 531 g/mol. The van der Waals surface area contributed by atoms with Gasteiger partial charge in [0, 0.05) is 45.8 Å². The number of piperazine rings is 1. The number of rotatable bonds is 7. The quantitative estimate of drug-likeness (QED) is 0.332. The van der Waals surface area contributed by atoms with Gasteiger partial charge in [-0.25, -0.2) is 9.79 Å². The lowest BCUT2D eigenvalue weighted by Crippen LogP contribution is -2.54. The Balaban J connectivity index is 0.00000450. The SMILES string of the molecule is CCNC(=NCC(=O)N(CC)Cc1ccccc1)N1CCN(C(=O)OCC)CC1.I. The number of benzene rings is 1. The summed E-state index contributed by atoms with van der Waals surface area (Å²) in [4.78, 5) is 34.7. The molecule has 30 heavy (non-hydrogen) atoms. The zero-order valence-electron chi connectivity index (χ0n) is 18.2. The summed E-state index contributed by atoms with van der Waals surface area (Å²) in [5, 5.41) is 3.25. The fourth-order valence-corrected chi connectivity index (χ4v) is 3.16. The van der Waals surface area contributed by atoms with E-state index in [9.17, 15) is 9.59 Å². The molecule has 0 saturated carbocycles. The molecule has 1 saturated heterocycles. The Labute approximate surface area is 196 Å². The minimum atomic E-state index is -0.274. The van der Waals surface area contributed by atoms with Crippen LogP contribution in [0, 0.1) is 0 Å². The molecule has 0 bridgehead atoms. The van der Waals surface area contributed by atoms with Gasteiger partial charge in [0.15, 0.2) is 5.96 Å². The highest BCUT2D eigenvalue weighted by molar-refractivity contribution is 14.0. The predicted octanol–water partition coefficient (Wildman–Crippen LogP) is 2.39. The van der Waals surface area contributed by atoms with Crippen LogP contribution in [0.25, 0.3) is 0 Å². The number of hydrogen-bond acceptors (Lipinski definition) is 4. The molecule has 1 N–H and O–H groups in total. The Bertz CT molecular complexity index is 678. The summed E-state index contributed by atoms with van der Waals surface area (Å²) >= 11 is 0. The first-order valence-electron chi connectivity index (χ1n) is 10.4. The maximum absolute atomic E-state index is 12.7. The van der Waals surface area contributed by atoms with Crippen molar-refractivity contribution in [3.05, 3.63) is 35.9 Å². The van der Waals surface area contributed by atoms with E-state index in [-0.39, 0.29) is 42.5 Å². The van der Waals surface area contributed by atoms with Crippen LogP contribution < -0.4 is 5.32 Å². The van der Waals surface area contributed by atoms with E-state index in [0.29, 0.717) is 58.4 Å². The lowest BCUT2D eigenvalue weighted by molar-refractivity contribution is -0.130. The number of ether oxygens (including phenoxy) is 1. The molecule has 0 aliphatic carbocycles. The van der Waals surface area contributed by atoms with E-state index in [0.717, 1.165) is 5.56 Å². The summed E-state index contributed by atoms with van der Waals surface area (Å²) in [5.41, 5.74) is 1.11. The predicted molar refractivity (Wildman–Crippen MR) is 129 cm³/mol. The van der Waals surface area contributed by atoms with E-state index < -0.39 is 0 Å². The van der Waals surface area contributed by atoms with Crippen LogP contribution in [-0.4, -0.2) is 85.1 Å². The molecule has 0 spiro atoms. The maximum atomic E-state index is 12.7. The van der Waals surface area contributed by atoms with Crippen molar-refractivity contribution in [1.29, 1.82) is 0 Å². The van der Waals surface area contributed by atoms with Crippen LogP contribution in [0.5, 0.6) is 0 Å². The van der Waals surface area contributed by atoms with Gasteiger partial charge in [0.2, 0.25) is 5.91 Å². The number of carbonyl (C=O) groups excluding carboxylic acids is 2. The second kappa shape index (κ2) is 14.1. The van der Waals surface area contributed by atoms with Crippen LogP contribution in [0.2, 0.25) is 0 Å². The average Bonchev–Trinajstić information content (AvgIpc) is 2.75. The fourth-order valence-electron chi connectivity index (χ4n) is 3.16. The first-order valence-corrected chi connectivity index (χ1v) is 10.4. The normalized spacial score (nSPS) is 14.0. The van der Waals surface area contributed by atoms with Crippen molar-refractivity contribution >= 4 is 41.9 Å². The molecule has 8 nitrogen and oxygen atoms in total. The zero-order chi connectivity index (χ0) is 21.1. The van der Waals surface area contributed by atoms with Gasteiger partial charge in [-0.15, -0.1) is 24.0 Å². The molecule has 1 aromatic carbocycles. The summed E-state index contributed by atoms with van der Waals surface area (Å²) < 4.78 is 5.06. The van der Waals surface area contributed by atoms with E-state index >= 15 is 0 Å².